The minimum absolute atomic E-state index is 0.216. The molecule has 2 aromatic heterocycles. The Hall–Kier alpha value is -1.59. The van der Waals surface area contributed by atoms with Crippen LogP contribution in [0.4, 0.5) is 5.69 Å². The van der Waals surface area contributed by atoms with Crippen LogP contribution in [-0.2, 0) is 0 Å². The summed E-state index contributed by atoms with van der Waals surface area (Å²) < 4.78 is 1.87. The molecule has 1 N–H and O–H groups in total. The second kappa shape index (κ2) is 6.03. The fourth-order valence-electron chi connectivity index (χ4n) is 2.11. The summed E-state index contributed by atoms with van der Waals surface area (Å²) in [6.45, 7) is 7.83. The molecule has 7 heteroatoms. The van der Waals surface area contributed by atoms with Crippen molar-refractivity contribution in [2.45, 2.75) is 33.7 Å². The summed E-state index contributed by atoms with van der Waals surface area (Å²) in [5.74, 6) is -0.334. The van der Waals surface area contributed by atoms with Crippen molar-refractivity contribution >= 4 is 34.8 Å². The Morgan fingerprint density at radius 1 is 1.33 bits per heavy atom. The van der Waals surface area contributed by atoms with Gasteiger partial charge in [0.2, 0.25) is 0 Å². The van der Waals surface area contributed by atoms with E-state index >= 15 is 0 Å². The number of halogens is 2. The van der Waals surface area contributed by atoms with E-state index in [1.165, 1.54) is 12.3 Å². The summed E-state index contributed by atoms with van der Waals surface area (Å²) in [5.41, 5.74) is 2.63. The lowest BCUT2D eigenvalue weighted by Gasteiger charge is -2.10. The highest BCUT2D eigenvalue weighted by Gasteiger charge is 2.18. The number of nitrogens with zero attached hydrogens (tertiary/aromatic N) is 3. The van der Waals surface area contributed by atoms with E-state index in [1.54, 1.807) is 0 Å². The monoisotopic (exact) mass is 326 g/mol. The Bertz CT molecular complexity index is 695. The largest absolute Gasteiger partial charge is 0.319 e. The van der Waals surface area contributed by atoms with Crippen LogP contribution >= 0.6 is 23.2 Å². The van der Waals surface area contributed by atoms with Crippen LogP contribution in [0.2, 0.25) is 10.2 Å². The predicted octanol–water partition coefficient (Wildman–Crippen LogP) is 4.03. The van der Waals surface area contributed by atoms with E-state index in [0.29, 0.717) is 5.69 Å². The first-order valence-electron chi connectivity index (χ1n) is 6.49. The molecule has 0 spiro atoms. The molecule has 0 saturated carbocycles. The van der Waals surface area contributed by atoms with E-state index in [-0.39, 0.29) is 27.7 Å². The average molecular weight is 327 g/mol. The Morgan fingerprint density at radius 2 is 2.00 bits per heavy atom. The molecule has 2 aromatic rings. The molecule has 0 aliphatic heterocycles. The third kappa shape index (κ3) is 3.19. The molecule has 0 radical (unpaired) electrons. The minimum Gasteiger partial charge on any atom is -0.319 e. The lowest BCUT2D eigenvalue weighted by molar-refractivity contribution is 0.102. The molecular weight excluding hydrogens is 311 g/mol. The number of hydrogen-bond acceptors (Lipinski definition) is 3. The van der Waals surface area contributed by atoms with Gasteiger partial charge in [-0.15, -0.1) is 0 Å². The van der Waals surface area contributed by atoms with Gasteiger partial charge in [0.25, 0.3) is 5.91 Å². The van der Waals surface area contributed by atoms with E-state index in [1.807, 2.05) is 32.4 Å². The molecule has 112 valence electrons. The van der Waals surface area contributed by atoms with Gasteiger partial charge in [-0.2, -0.15) is 5.10 Å². The van der Waals surface area contributed by atoms with Gasteiger partial charge in [0.1, 0.15) is 5.15 Å². The Morgan fingerprint density at radius 3 is 2.57 bits per heavy atom. The molecule has 5 nitrogen and oxygen atoms in total. The van der Waals surface area contributed by atoms with Crippen molar-refractivity contribution in [3.8, 4) is 0 Å². The van der Waals surface area contributed by atoms with Crippen LogP contribution in [0.3, 0.4) is 0 Å². The average Bonchev–Trinajstić information content (AvgIpc) is 2.69. The summed E-state index contributed by atoms with van der Waals surface area (Å²) in [4.78, 5) is 16.2. The molecule has 0 aliphatic carbocycles. The lowest BCUT2D eigenvalue weighted by Crippen LogP contribution is -2.14. The van der Waals surface area contributed by atoms with Gasteiger partial charge in [0.05, 0.1) is 27.7 Å². The number of carbonyl (C=O) groups is 1. The highest BCUT2D eigenvalue weighted by Crippen LogP contribution is 2.25. The zero-order valence-corrected chi connectivity index (χ0v) is 13.7. The lowest BCUT2D eigenvalue weighted by atomic mass is 10.2. The Balaban J connectivity index is 2.34. The summed E-state index contributed by atoms with van der Waals surface area (Å²) in [6.07, 6.45) is 1.36. The molecular formula is C14H16Cl2N4O. The van der Waals surface area contributed by atoms with E-state index in [0.717, 1.165) is 11.4 Å². The van der Waals surface area contributed by atoms with Gasteiger partial charge in [-0.3, -0.25) is 9.48 Å². The normalized spacial score (nSPS) is 11.0. The topological polar surface area (TPSA) is 59.8 Å². The molecule has 0 saturated heterocycles. The zero-order chi connectivity index (χ0) is 15.7. The minimum atomic E-state index is -0.334. The van der Waals surface area contributed by atoms with Gasteiger partial charge in [0, 0.05) is 12.2 Å². The first-order valence-corrected chi connectivity index (χ1v) is 7.25. The molecule has 0 atom stereocenters. The van der Waals surface area contributed by atoms with E-state index in [2.05, 4.69) is 15.4 Å². The number of rotatable bonds is 3. The maximum atomic E-state index is 12.4. The number of amides is 1. The Kier molecular flexibility index (Phi) is 4.54. The molecule has 0 aromatic carbocycles. The van der Waals surface area contributed by atoms with Crippen molar-refractivity contribution in [2.24, 2.45) is 0 Å². The van der Waals surface area contributed by atoms with Crippen LogP contribution < -0.4 is 5.32 Å². The van der Waals surface area contributed by atoms with Crippen molar-refractivity contribution < 1.29 is 4.79 Å². The molecule has 2 rings (SSSR count). The summed E-state index contributed by atoms with van der Waals surface area (Å²) in [7, 11) is 0. The fourth-order valence-corrected chi connectivity index (χ4v) is 2.46. The maximum Gasteiger partial charge on any atom is 0.257 e. The van der Waals surface area contributed by atoms with Gasteiger partial charge < -0.3 is 5.32 Å². The number of aryl methyl sites for hydroxylation is 1. The van der Waals surface area contributed by atoms with Crippen LogP contribution in [0.25, 0.3) is 0 Å². The third-order valence-corrected chi connectivity index (χ3v) is 3.63. The smallest absolute Gasteiger partial charge is 0.257 e. The van der Waals surface area contributed by atoms with Gasteiger partial charge >= 0.3 is 0 Å². The molecule has 1 amide bonds. The molecule has 0 unspecified atom stereocenters. The second-order valence-electron chi connectivity index (χ2n) is 5.03. The summed E-state index contributed by atoms with van der Waals surface area (Å²) in [6, 6.07) is 1.66. The van der Waals surface area contributed by atoms with Gasteiger partial charge in [-0.25, -0.2) is 4.98 Å². The van der Waals surface area contributed by atoms with E-state index in [4.69, 9.17) is 23.2 Å². The van der Waals surface area contributed by atoms with Crippen molar-refractivity contribution in [1.82, 2.24) is 14.8 Å². The standard InChI is InChI=1S/C14H16Cl2N4O/c1-7(2)20-9(4)13(8(3)19-20)18-14(21)10-5-12(16)17-6-11(10)15/h5-7H,1-4H3,(H,18,21). The second-order valence-corrected chi connectivity index (χ2v) is 5.82. The van der Waals surface area contributed by atoms with Gasteiger partial charge in [-0.05, 0) is 33.8 Å². The van der Waals surface area contributed by atoms with Crippen molar-refractivity contribution in [2.75, 3.05) is 5.32 Å². The highest BCUT2D eigenvalue weighted by molar-refractivity contribution is 6.35. The van der Waals surface area contributed by atoms with Crippen LogP contribution in [0.5, 0.6) is 0 Å². The molecule has 21 heavy (non-hydrogen) atoms. The number of nitrogens with one attached hydrogen (secondary N) is 1. The van der Waals surface area contributed by atoms with E-state index in [9.17, 15) is 4.79 Å². The molecule has 2 heterocycles. The fraction of sp³-hybridized carbons (Fsp3) is 0.357. The number of aromatic nitrogens is 3. The highest BCUT2D eigenvalue weighted by atomic mass is 35.5. The van der Waals surface area contributed by atoms with Crippen LogP contribution in [-0.4, -0.2) is 20.7 Å². The van der Waals surface area contributed by atoms with Crippen molar-refractivity contribution in [3.05, 3.63) is 39.4 Å². The number of hydrogen-bond donors (Lipinski definition) is 1. The Labute approximate surface area is 133 Å². The molecule has 0 aliphatic rings. The van der Waals surface area contributed by atoms with Gasteiger partial charge in [-0.1, -0.05) is 23.2 Å². The van der Waals surface area contributed by atoms with Crippen molar-refractivity contribution in [1.29, 1.82) is 0 Å². The quantitative estimate of drug-likeness (QED) is 0.866. The summed E-state index contributed by atoms with van der Waals surface area (Å²) >= 11 is 11.8. The first-order chi connectivity index (χ1) is 9.81. The zero-order valence-electron chi connectivity index (χ0n) is 12.2. The predicted molar refractivity (Wildman–Crippen MR) is 84.3 cm³/mol. The number of carbonyl (C=O) groups excluding carboxylic acids is 1. The SMILES string of the molecule is Cc1nn(C(C)C)c(C)c1NC(=O)c1cc(Cl)ncc1Cl. The van der Waals surface area contributed by atoms with Crippen LogP contribution in [0, 0.1) is 13.8 Å². The number of anilines is 1. The number of pyridine rings is 1. The maximum absolute atomic E-state index is 12.4. The summed E-state index contributed by atoms with van der Waals surface area (Å²) in [5, 5.41) is 7.74. The van der Waals surface area contributed by atoms with E-state index < -0.39 is 0 Å². The molecule has 0 fully saturated rings. The third-order valence-electron chi connectivity index (χ3n) is 3.12. The molecule has 0 bridgehead atoms. The van der Waals surface area contributed by atoms with Crippen LogP contribution in [0.15, 0.2) is 12.3 Å². The van der Waals surface area contributed by atoms with Crippen LogP contribution in [0.1, 0.15) is 41.6 Å². The van der Waals surface area contributed by atoms with Crippen molar-refractivity contribution in [3.63, 3.8) is 0 Å². The first kappa shape index (κ1) is 15.8. The van der Waals surface area contributed by atoms with Gasteiger partial charge in [0.15, 0.2) is 0 Å².